The predicted molar refractivity (Wildman–Crippen MR) is 160 cm³/mol. The Morgan fingerprint density at radius 3 is 2.48 bits per heavy atom. The minimum absolute atomic E-state index is 0.0227. The number of aromatic nitrogens is 1. The van der Waals surface area contributed by atoms with Gasteiger partial charge >= 0.3 is 17.8 Å². The number of amides is 1. The number of H-pyrrole nitrogens is 1. The van der Waals surface area contributed by atoms with E-state index in [2.05, 4.69) is 15.0 Å². The first kappa shape index (κ1) is 34.1. The largest absolute Gasteiger partial charge is 0.463 e. The molecule has 1 aliphatic heterocycles. The fourth-order valence-corrected chi connectivity index (χ4v) is 4.77. The van der Waals surface area contributed by atoms with Crippen molar-refractivity contribution in [1.82, 2.24) is 4.98 Å². The summed E-state index contributed by atoms with van der Waals surface area (Å²) in [5.74, 6) is -2.22. The quantitative estimate of drug-likeness (QED) is 0.123. The highest BCUT2D eigenvalue weighted by molar-refractivity contribution is 5.99. The van der Waals surface area contributed by atoms with Gasteiger partial charge in [0.05, 0.1) is 18.0 Å². The molecule has 0 saturated carbocycles. The molecule has 236 valence electrons. The molecule has 1 aromatic carbocycles. The highest BCUT2D eigenvalue weighted by atomic mass is 16.6. The number of aliphatic hydroxyl groups is 1. The Balaban J connectivity index is 1.93. The van der Waals surface area contributed by atoms with Crippen molar-refractivity contribution in [3.05, 3.63) is 59.4 Å². The van der Waals surface area contributed by atoms with E-state index in [0.717, 1.165) is 11.9 Å². The van der Waals surface area contributed by atoms with E-state index in [1.54, 1.807) is 38.1 Å². The Morgan fingerprint density at radius 1 is 1.20 bits per heavy atom. The number of esters is 2. The van der Waals surface area contributed by atoms with Gasteiger partial charge < -0.3 is 35.8 Å². The average molecular weight is 610 g/mol. The van der Waals surface area contributed by atoms with Gasteiger partial charge in [0.25, 0.3) is 5.84 Å². The number of hydrogen-bond acceptors (Lipinski definition) is 9. The zero-order chi connectivity index (χ0) is 32.4. The highest BCUT2D eigenvalue weighted by Crippen LogP contribution is 2.41. The molecule has 0 radical (unpaired) electrons. The van der Waals surface area contributed by atoms with Gasteiger partial charge in [0.15, 0.2) is 12.4 Å². The number of nitrogens with one attached hydrogen (secondary N) is 2. The van der Waals surface area contributed by atoms with Gasteiger partial charge in [-0.15, -0.1) is 0 Å². The standard InChI is InChI=1S/C31H40N6O7/c1-5-20(6-2)29(40)37-28(35-17-33)21-12-13-23(36-21)31(16-32)27(39)26(43-30(41)25(34)18(3)4)22(44-31)15-42-24(38)14-19-10-8-7-9-11-19/h7-13,17-18,20,22,25-27,36,39H,5-6,14-15,34H2,1-4H3,(H2,33,35,37,40)/p+1/t22-,25+,26-,27-,31+/m1/s1. The van der Waals surface area contributed by atoms with Crippen LogP contribution in [-0.4, -0.2) is 71.1 Å². The molecule has 0 spiro atoms. The molecule has 44 heavy (non-hydrogen) atoms. The molecule has 1 aromatic heterocycles. The van der Waals surface area contributed by atoms with Gasteiger partial charge in [0.2, 0.25) is 5.60 Å². The fourth-order valence-electron chi connectivity index (χ4n) is 4.77. The number of aliphatic imine (C=N–C) groups is 1. The molecular weight excluding hydrogens is 568 g/mol. The lowest BCUT2D eigenvalue weighted by Gasteiger charge is -2.25. The summed E-state index contributed by atoms with van der Waals surface area (Å²) in [6.45, 7) is 6.82. The van der Waals surface area contributed by atoms with Crippen LogP contribution in [0.2, 0.25) is 0 Å². The predicted octanol–water partition coefficient (Wildman–Crippen LogP) is -0.0487. The van der Waals surface area contributed by atoms with Crippen molar-refractivity contribution in [2.45, 2.75) is 76.9 Å². The third-order valence-corrected chi connectivity index (χ3v) is 7.56. The number of nitriles is 1. The molecule has 5 atom stereocenters. The Hall–Kier alpha value is -4.38. The minimum atomic E-state index is -2.08. The zero-order valence-electron chi connectivity index (χ0n) is 25.4. The van der Waals surface area contributed by atoms with Gasteiger partial charge in [-0.05, 0) is 36.5 Å². The smallest absolute Gasteiger partial charge is 0.323 e. The molecule has 1 aliphatic rings. The van der Waals surface area contributed by atoms with E-state index in [-0.39, 0.29) is 41.4 Å². The second kappa shape index (κ2) is 15.4. The molecule has 2 heterocycles. The van der Waals surface area contributed by atoms with Crippen molar-refractivity contribution >= 4 is 30.0 Å². The van der Waals surface area contributed by atoms with Crippen LogP contribution in [0.25, 0.3) is 0 Å². The van der Waals surface area contributed by atoms with Crippen molar-refractivity contribution in [3.8, 4) is 6.07 Å². The van der Waals surface area contributed by atoms with Gasteiger partial charge in [0, 0.05) is 0 Å². The zero-order valence-corrected chi connectivity index (χ0v) is 25.4. The molecular formula is C31H41N6O7+. The monoisotopic (exact) mass is 609 g/mol. The fraction of sp³-hybridized carbons (Fsp3) is 0.484. The molecule has 1 saturated heterocycles. The van der Waals surface area contributed by atoms with E-state index in [1.165, 1.54) is 12.1 Å². The lowest BCUT2D eigenvalue weighted by Crippen LogP contribution is -2.76. The molecule has 1 fully saturated rings. The summed E-state index contributed by atoms with van der Waals surface area (Å²) < 4.78 is 17.1. The van der Waals surface area contributed by atoms with E-state index in [9.17, 15) is 24.8 Å². The summed E-state index contributed by atoms with van der Waals surface area (Å²) in [6.07, 6.45) is -2.07. The topological polar surface area (TPSA) is 217 Å². The first-order chi connectivity index (χ1) is 21.0. The number of hydrogen-bond donors (Lipinski definition) is 5. The van der Waals surface area contributed by atoms with E-state index < -0.39 is 48.5 Å². The number of carbonyl (C=O) groups excluding carboxylic acids is 3. The summed E-state index contributed by atoms with van der Waals surface area (Å²) >= 11 is 0. The van der Waals surface area contributed by atoms with Crippen LogP contribution in [0.5, 0.6) is 0 Å². The average Bonchev–Trinajstić information content (AvgIpc) is 3.60. The molecule has 0 unspecified atom stereocenters. The molecule has 0 bridgehead atoms. The maximum Gasteiger partial charge on any atom is 0.323 e. The lowest BCUT2D eigenvalue weighted by molar-refractivity contribution is -0.309. The number of aliphatic hydroxyl groups excluding tert-OH is 1. The first-order valence-corrected chi connectivity index (χ1v) is 14.6. The number of aromatic amines is 1. The van der Waals surface area contributed by atoms with Crippen molar-refractivity contribution < 1.29 is 38.7 Å². The number of ether oxygens (including phenoxy) is 3. The molecule has 1 amide bonds. The highest BCUT2D eigenvalue weighted by Gasteiger charge is 2.59. The molecule has 7 N–H and O–H groups in total. The van der Waals surface area contributed by atoms with Crippen LogP contribution < -0.4 is 16.5 Å². The summed E-state index contributed by atoms with van der Waals surface area (Å²) in [4.78, 5) is 48.0. The minimum Gasteiger partial charge on any atom is -0.463 e. The second-order valence-electron chi connectivity index (χ2n) is 10.9. The van der Waals surface area contributed by atoms with Crippen LogP contribution in [0.15, 0.2) is 47.5 Å². The maximum atomic E-state index is 12.8. The number of nitrogens with zero attached hydrogens (tertiary/aromatic N) is 2. The van der Waals surface area contributed by atoms with E-state index in [1.807, 2.05) is 26.0 Å². The van der Waals surface area contributed by atoms with Gasteiger partial charge in [0.1, 0.15) is 36.6 Å². The summed E-state index contributed by atoms with van der Waals surface area (Å²) in [6, 6.07) is 12.9. The Bertz CT molecular complexity index is 1400. The maximum absolute atomic E-state index is 12.8. The Kier molecular flexibility index (Phi) is 11.9. The SMILES string of the molecule is CCC(CC)C(=O)N=C([NH+]=CN)c1ccc([C@]2(C#N)O[C@H](COC(=O)Cc3ccccc3)[C@@H](OC(=O)[C@@H](N)C(C)C)[C@H]2O)[nH]1. The van der Waals surface area contributed by atoms with Crippen molar-refractivity contribution in [2.24, 2.45) is 28.3 Å². The van der Waals surface area contributed by atoms with Crippen molar-refractivity contribution in [3.63, 3.8) is 0 Å². The van der Waals surface area contributed by atoms with Crippen LogP contribution in [-0.2, 0) is 40.6 Å². The van der Waals surface area contributed by atoms with Gasteiger partial charge in [-0.1, -0.05) is 63.0 Å². The number of benzene rings is 1. The third kappa shape index (κ3) is 7.76. The third-order valence-electron chi connectivity index (χ3n) is 7.56. The van der Waals surface area contributed by atoms with Crippen molar-refractivity contribution in [1.29, 1.82) is 5.26 Å². The number of carbonyl (C=O) groups is 3. The second-order valence-corrected chi connectivity index (χ2v) is 10.9. The Labute approximate surface area is 256 Å². The summed E-state index contributed by atoms with van der Waals surface area (Å²) in [5.41, 5.74) is 10.5. The molecule has 3 rings (SSSR count). The van der Waals surface area contributed by atoms with E-state index in [0.29, 0.717) is 12.8 Å². The van der Waals surface area contributed by atoms with E-state index >= 15 is 0 Å². The van der Waals surface area contributed by atoms with Gasteiger partial charge in [-0.2, -0.15) is 5.26 Å². The van der Waals surface area contributed by atoms with E-state index in [4.69, 9.17) is 25.7 Å². The van der Waals surface area contributed by atoms with Crippen LogP contribution >= 0.6 is 0 Å². The van der Waals surface area contributed by atoms with Crippen molar-refractivity contribution in [2.75, 3.05) is 6.61 Å². The molecule has 13 nitrogen and oxygen atoms in total. The molecule has 13 heteroatoms. The van der Waals surface area contributed by atoms with Gasteiger partial charge in [-0.25, -0.2) is 4.99 Å². The number of nitrogens with two attached hydrogens (primary N) is 2. The van der Waals surface area contributed by atoms with Crippen LogP contribution in [0.4, 0.5) is 0 Å². The normalized spacial score (nSPS) is 22.7. The van der Waals surface area contributed by atoms with Crippen LogP contribution in [0.3, 0.4) is 0 Å². The number of rotatable bonds is 12. The molecule has 0 aliphatic carbocycles. The number of amidine groups is 1. The summed E-state index contributed by atoms with van der Waals surface area (Å²) in [7, 11) is 0. The van der Waals surface area contributed by atoms with Crippen LogP contribution in [0.1, 0.15) is 57.5 Å². The van der Waals surface area contributed by atoms with Gasteiger partial charge in [-0.3, -0.25) is 14.4 Å². The first-order valence-electron chi connectivity index (χ1n) is 14.6. The lowest BCUT2D eigenvalue weighted by atomic mass is 9.92. The van der Waals surface area contributed by atoms with Crippen LogP contribution in [0, 0.1) is 23.2 Å². The molecule has 2 aromatic rings. The summed E-state index contributed by atoms with van der Waals surface area (Å²) in [5, 5.41) is 21.8. The Morgan fingerprint density at radius 2 is 1.89 bits per heavy atom.